The van der Waals surface area contributed by atoms with Gasteiger partial charge in [-0.05, 0) is 35.9 Å². The minimum absolute atomic E-state index is 0.0426. The first-order valence-electron chi connectivity index (χ1n) is 8.19. The highest BCUT2D eigenvalue weighted by molar-refractivity contribution is 7.07. The van der Waals surface area contributed by atoms with Gasteiger partial charge in [0.1, 0.15) is 11.9 Å². The molecule has 1 aliphatic rings. The number of nitrogens with zero attached hydrogens (tertiary/aromatic N) is 1. The second kappa shape index (κ2) is 7.05. The van der Waals surface area contributed by atoms with Gasteiger partial charge in [0.25, 0.3) is 0 Å². The predicted octanol–water partition coefficient (Wildman–Crippen LogP) is 3.87. The highest BCUT2D eigenvalue weighted by atomic mass is 32.1. The van der Waals surface area contributed by atoms with E-state index in [2.05, 4.69) is 20.9 Å². The molecule has 132 valence electrons. The van der Waals surface area contributed by atoms with E-state index >= 15 is 0 Å². The lowest BCUT2D eigenvalue weighted by atomic mass is 10.1. The lowest BCUT2D eigenvalue weighted by molar-refractivity contribution is -0.115. The molecule has 0 saturated carbocycles. The molecule has 0 aliphatic carbocycles. The van der Waals surface area contributed by atoms with E-state index < -0.39 is 0 Å². The number of benzene rings is 2. The number of nitrogens with one attached hydrogen (secondary N) is 3. The van der Waals surface area contributed by atoms with E-state index in [9.17, 15) is 4.79 Å². The maximum absolute atomic E-state index is 12.3. The van der Waals surface area contributed by atoms with E-state index in [-0.39, 0.29) is 12.1 Å². The van der Waals surface area contributed by atoms with Crippen LogP contribution in [0.3, 0.4) is 0 Å². The average Bonchev–Trinajstić information content (AvgIpc) is 3.30. The Morgan fingerprint density at radius 1 is 1.23 bits per heavy atom. The molecule has 0 bridgehead atoms. The first-order valence-corrected chi connectivity index (χ1v) is 9.13. The standard InChI is InChI=1S/C19H18N4O2S/c1-25-14-4-2-3-12(7-14)8-18(24)21-13-5-6-15-16(9-13)23-19(22-15)17-10-26-11-20-17/h2-7,9-11,19,22-23H,8H2,1H3,(H,21,24). The largest absolute Gasteiger partial charge is 0.497 e. The van der Waals surface area contributed by atoms with Gasteiger partial charge >= 0.3 is 0 Å². The Labute approximate surface area is 155 Å². The van der Waals surface area contributed by atoms with Crippen molar-refractivity contribution in [3.05, 3.63) is 64.6 Å². The monoisotopic (exact) mass is 366 g/mol. The summed E-state index contributed by atoms with van der Waals surface area (Å²) in [6.45, 7) is 0. The quantitative estimate of drug-likeness (QED) is 0.639. The highest BCUT2D eigenvalue weighted by Gasteiger charge is 2.22. The number of carbonyl (C=O) groups excluding carboxylic acids is 1. The van der Waals surface area contributed by atoms with Crippen LogP contribution in [0.1, 0.15) is 17.4 Å². The van der Waals surface area contributed by atoms with Crippen molar-refractivity contribution in [2.45, 2.75) is 12.6 Å². The number of carbonyl (C=O) groups is 1. The fourth-order valence-electron chi connectivity index (χ4n) is 2.90. The molecule has 1 unspecified atom stereocenters. The van der Waals surface area contributed by atoms with Gasteiger partial charge in [-0.2, -0.15) is 0 Å². The van der Waals surface area contributed by atoms with Crippen molar-refractivity contribution in [2.75, 3.05) is 23.1 Å². The van der Waals surface area contributed by atoms with Crippen molar-refractivity contribution < 1.29 is 9.53 Å². The number of thiazole rings is 1. The van der Waals surface area contributed by atoms with E-state index in [1.807, 2.05) is 53.4 Å². The summed E-state index contributed by atoms with van der Waals surface area (Å²) >= 11 is 1.56. The molecule has 1 atom stereocenters. The second-order valence-corrected chi connectivity index (χ2v) is 6.69. The smallest absolute Gasteiger partial charge is 0.228 e. The van der Waals surface area contributed by atoms with Gasteiger partial charge in [-0.25, -0.2) is 4.98 Å². The summed E-state index contributed by atoms with van der Waals surface area (Å²) < 4.78 is 5.19. The third-order valence-electron chi connectivity index (χ3n) is 4.15. The van der Waals surface area contributed by atoms with Crippen LogP contribution in [0.5, 0.6) is 5.75 Å². The van der Waals surface area contributed by atoms with Crippen molar-refractivity contribution in [2.24, 2.45) is 0 Å². The van der Waals surface area contributed by atoms with Gasteiger partial charge in [0.15, 0.2) is 0 Å². The number of anilines is 3. The van der Waals surface area contributed by atoms with Gasteiger partial charge < -0.3 is 20.7 Å². The van der Waals surface area contributed by atoms with Crippen molar-refractivity contribution in [3.63, 3.8) is 0 Å². The zero-order valence-corrected chi connectivity index (χ0v) is 15.0. The van der Waals surface area contributed by atoms with Crippen LogP contribution in [0.15, 0.2) is 53.4 Å². The fraction of sp³-hybridized carbons (Fsp3) is 0.158. The van der Waals surface area contributed by atoms with E-state index in [1.54, 1.807) is 18.4 Å². The number of hydrogen-bond acceptors (Lipinski definition) is 6. The van der Waals surface area contributed by atoms with Gasteiger partial charge in [0, 0.05) is 11.1 Å². The van der Waals surface area contributed by atoms with Gasteiger partial charge in [-0.1, -0.05) is 12.1 Å². The van der Waals surface area contributed by atoms with Crippen LogP contribution in [0.4, 0.5) is 17.1 Å². The zero-order chi connectivity index (χ0) is 17.9. The summed E-state index contributed by atoms with van der Waals surface area (Å²) in [6.07, 6.45) is 0.250. The van der Waals surface area contributed by atoms with Crippen LogP contribution < -0.4 is 20.7 Å². The molecule has 0 fully saturated rings. The molecule has 26 heavy (non-hydrogen) atoms. The van der Waals surface area contributed by atoms with Crippen molar-refractivity contribution in [1.82, 2.24) is 4.98 Å². The number of methoxy groups -OCH3 is 1. The molecule has 3 N–H and O–H groups in total. The Kier molecular flexibility index (Phi) is 4.45. The third-order valence-corrected chi connectivity index (χ3v) is 4.75. The Bertz CT molecular complexity index is 927. The summed E-state index contributed by atoms with van der Waals surface area (Å²) in [7, 11) is 1.61. The molecule has 0 radical (unpaired) electrons. The Morgan fingerprint density at radius 2 is 2.12 bits per heavy atom. The molecule has 0 spiro atoms. The van der Waals surface area contributed by atoms with Crippen LogP contribution in [-0.2, 0) is 11.2 Å². The molecule has 3 aromatic rings. The number of ether oxygens (including phenoxy) is 1. The third kappa shape index (κ3) is 3.48. The Hall–Kier alpha value is -3.06. The van der Waals surface area contributed by atoms with Crippen LogP contribution in [0, 0.1) is 0 Å². The topological polar surface area (TPSA) is 75.3 Å². The number of fused-ring (bicyclic) bond motifs is 1. The van der Waals surface area contributed by atoms with E-state index in [4.69, 9.17) is 4.74 Å². The predicted molar refractivity (Wildman–Crippen MR) is 104 cm³/mol. The molecule has 6 nitrogen and oxygen atoms in total. The van der Waals surface area contributed by atoms with Crippen LogP contribution in [-0.4, -0.2) is 18.0 Å². The number of rotatable bonds is 5. The minimum atomic E-state index is -0.0692. The molecular weight excluding hydrogens is 348 g/mol. The van der Waals surface area contributed by atoms with Gasteiger partial charge in [0.2, 0.25) is 5.91 Å². The Balaban J connectivity index is 1.42. The SMILES string of the molecule is COc1cccc(CC(=O)Nc2ccc3c(c2)NC(c2cscn2)N3)c1. The fourth-order valence-corrected chi connectivity index (χ4v) is 3.48. The van der Waals surface area contributed by atoms with Gasteiger partial charge in [0.05, 0.1) is 36.1 Å². The molecule has 2 heterocycles. The minimum Gasteiger partial charge on any atom is -0.497 e. The van der Waals surface area contributed by atoms with Crippen LogP contribution in [0.2, 0.25) is 0 Å². The van der Waals surface area contributed by atoms with E-state index in [1.165, 1.54) is 0 Å². The summed E-state index contributed by atoms with van der Waals surface area (Å²) in [5.41, 5.74) is 6.37. The lowest BCUT2D eigenvalue weighted by Crippen LogP contribution is -2.14. The molecule has 1 aliphatic heterocycles. The van der Waals surface area contributed by atoms with Gasteiger partial charge in [-0.3, -0.25) is 4.79 Å². The molecule has 1 amide bonds. The maximum Gasteiger partial charge on any atom is 0.228 e. The molecule has 7 heteroatoms. The summed E-state index contributed by atoms with van der Waals surface area (Å²) in [6, 6.07) is 13.3. The molecule has 4 rings (SSSR count). The maximum atomic E-state index is 12.3. The molecular formula is C19H18N4O2S. The normalized spacial score (nSPS) is 14.9. The average molecular weight is 366 g/mol. The Morgan fingerprint density at radius 3 is 2.92 bits per heavy atom. The molecule has 2 aromatic carbocycles. The van der Waals surface area contributed by atoms with Crippen molar-refractivity contribution >= 4 is 34.3 Å². The van der Waals surface area contributed by atoms with Crippen molar-refractivity contribution in [3.8, 4) is 5.75 Å². The number of aromatic nitrogens is 1. The van der Waals surface area contributed by atoms with Crippen LogP contribution in [0.25, 0.3) is 0 Å². The summed E-state index contributed by atoms with van der Waals surface area (Å²) in [4.78, 5) is 16.7. The zero-order valence-electron chi connectivity index (χ0n) is 14.2. The highest BCUT2D eigenvalue weighted by Crippen LogP contribution is 2.36. The number of hydrogen-bond donors (Lipinski definition) is 3. The lowest BCUT2D eigenvalue weighted by Gasteiger charge is -2.08. The first-order chi connectivity index (χ1) is 12.7. The van der Waals surface area contributed by atoms with Crippen molar-refractivity contribution in [1.29, 1.82) is 0 Å². The molecule has 0 saturated heterocycles. The summed E-state index contributed by atoms with van der Waals surface area (Å²) in [5.74, 6) is 0.677. The first kappa shape index (κ1) is 16.4. The number of amides is 1. The van der Waals surface area contributed by atoms with Crippen LogP contribution >= 0.6 is 11.3 Å². The van der Waals surface area contributed by atoms with E-state index in [0.717, 1.165) is 34.1 Å². The second-order valence-electron chi connectivity index (χ2n) is 5.97. The molecule has 1 aromatic heterocycles. The van der Waals surface area contributed by atoms with E-state index in [0.29, 0.717) is 6.42 Å². The summed E-state index contributed by atoms with van der Waals surface area (Å²) in [5, 5.41) is 11.7. The van der Waals surface area contributed by atoms with Gasteiger partial charge in [-0.15, -0.1) is 11.3 Å².